The fourth-order valence-corrected chi connectivity index (χ4v) is 0.754. The lowest BCUT2D eigenvalue weighted by Gasteiger charge is -2.01. The summed E-state index contributed by atoms with van der Waals surface area (Å²) in [4.78, 5) is 0. The third-order valence-electron chi connectivity index (χ3n) is 1.38. The van der Waals surface area contributed by atoms with Crippen LogP contribution in [0.2, 0.25) is 0 Å². The summed E-state index contributed by atoms with van der Waals surface area (Å²) >= 11 is 0. The third-order valence-corrected chi connectivity index (χ3v) is 1.38. The van der Waals surface area contributed by atoms with Crippen LogP contribution < -0.4 is 4.68 Å². The molecule has 2 nitrogen and oxygen atoms in total. The van der Waals surface area contributed by atoms with Crippen molar-refractivity contribution in [1.29, 1.82) is 0 Å². The first kappa shape index (κ1) is 6.08. The van der Waals surface area contributed by atoms with Crippen molar-refractivity contribution in [3.8, 4) is 0 Å². The first-order valence-electron chi connectivity index (χ1n) is 2.91. The second-order valence-corrected chi connectivity index (χ2v) is 2.14. The quantitative estimate of drug-likeness (QED) is 0.465. The standard InChI is InChI=1S/C7H10N2/c1-6-4-3-5-7(2)9(6)8/h3-5,8H,1-2H3. The van der Waals surface area contributed by atoms with Crippen LogP contribution in [0.3, 0.4) is 0 Å². The van der Waals surface area contributed by atoms with Crippen molar-refractivity contribution in [2.24, 2.45) is 0 Å². The smallest absolute Gasteiger partial charge is 0.173 e. The van der Waals surface area contributed by atoms with E-state index in [1.807, 2.05) is 32.0 Å². The molecule has 0 saturated heterocycles. The Hall–Kier alpha value is -1.05. The molecule has 1 aromatic rings. The van der Waals surface area contributed by atoms with Gasteiger partial charge in [-0.05, 0) is 6.07 Å². The van der Waals surface area contributed by atoms with E-state index in [0.29, 0.717) is 0 Å². The maximum absolute atomic E-state index is 7.36. The highest BCUT2D eigenvalue weighted by atomic mass is 15.3. The first-order valence-corrected chi connectivity index (χ1v) is 2.91. The summed E-state index contributed by atoms with van der Waals surface area (Å²) < 4.78 is 1.42. The van der Waals surface area contributed by atoms with Crippen LogP contribution in [-0.2, 0) is 0 Å². The second kappa shape index (κ2) is 2.05. The lowest BCUT2D eigenvalue weighted by Crippen LogP contribution is -2.30. The summed E-state index contributed by atoms with van der Waals surface area (Å²) in [6.45, 7) is 3.83. The summed E-state index contributed by atoms with van der Waals surface area (Å²) in [7, 11) is 0. The molecule has 0 bridgehead atoms. The summed E-state index contributed by atoms with van der Waals surface area (Å²) in [5.74, 6) is 7.36. The Kier molecular flexibility index (Phi) is 1.39. The summed E-state index contributed by atoms with van der Waals surface area (Å²) in [5, 5.41) is 0. The highest BCUT2D eigenvalue weighted by Crippen LogP contribution is 1.92. The van der Waals surface area contributed by atoms with Gasteiger partial charge in [0.05, 0.1) is 0 Å². The number of nitrogens with zero attached hydrogens (tertiary/aromatic N) is 1. The molecule has 2 heteroatoms. The van der Waals surface area contributed by atoms with E-state index < -0.39 is 0 Å². The van der Waals surface area contributed by atoms with Gasteiger partial charge in [-0.15, -0.1) is 0 Å². The third kappa shape index (κ3) is 1.02. The van der Waals surface area contributed by atoms with Crippen LogP contribution in [0.1, 0.15) is 11.4 Å². The number of rotatable bonds is 0. The predicted octanol–water partition coefficient (Wildman–Crippen LogP) is 1.41. The molecule has 0 fully saturated rings. The number of aromatic nitrogens is 1. The zero-order valence-corrected chi connectivity index (χ0v) is 5.68. The normalized spacial score (nSPS) is 9.56. The van der Waals surface area contributed by atoms with Crippen molar-refractivity contribution in [3.63, 3.8) is 0 Å². The lowest BCUT2D eigenvalue weighted by atomic mass is 10.3. The molecular formula is C7H10N2. The molecular weight excluding hydrogens is 112 g/mol. The van der Waals surface area contributed by atoms with Crippen LogP contribution in [-0.4, -0.2) is 0 Å². The van der Waals surface area contributed by atoms with Gasteiger partial charge in [-0.2, -0.15) is 0 Å². The van der Waals surface area contributed by atoms with Gasteiger partial charge in [0.15, 0.2) is 11.4 Å². The van der Waals surface area contributed by atoms with Crippen LogP contribution in [0.5, 0.6) is 0 Å². The maximum atomic E-state index is 7.36. The molecule has 0 spiro atoms. The topological polar surface area (TPSA) is 27.7 Å². The number of pyridine rings is 1. The zero-order chi connectivity index (χ0) is 6.85. The molecule has 0 aliphatic rings. The van der Waals surface area contributed by atoms with Gasteiger partial charge in [0.2, 0.25) is 0 Å². The molecule has 1 rings (SSSR count). The van der Waals surface area contributed by atoms with Gasteiger partial charge >= 0.3 is 0 Å². The number of aryl methyl sites for hydroxylation is 2. The monoisotopic (exact) mass is 122 g/mol. The highest BCUT2D eigenvalue weighted by molar-refractivity contribution is 5.00. The minimum Gasteiger partial charge on any atom is -0.449 e. The Morgan fingerprint density at radius 3 is 2.00 bits per heavy atom. The lowest BCUT2D eigenvalue weighted by molar-refractivity contribution is -0.619. The minimum atomic E-state index is 0.968. The van der Waals surface area contributed by atoms with Crippen LogP contribution in [0, 0.1) is 13.8 Å². The van der Waals surface area contributed by atoms with Gasteiger partial charge in [-0.25, -0.2) is 4.68 Å². The van der Waals surface area contributed by atoms with Crippen molar-refractivity contribution in [2.45, 2.75) is 13.8 Å². The maximum Gasteiger partial charge on any atom is 0.173 e. The summed E-state index contributed by atoms with van der Waals surface area (Å²) in [6, 6.07) is 5.79. The Morgan fingerprint density at radius 2 is 1.67 bits per heavy atom. The number of hydrogen-bond acceptors (Lipinski definition) is 0. The van der Waals surface area contributed by atoms with Crippen LogP contribution in [0.25, 0.3) is 5.84 Å². The predicted molar refractivity (Wildman–Crippen MR) is 35.8 cm³/mol. The molecule has 1 heterocycles. The van der Waals surface area contributed by atoms with E-state index in [-0.39, 0.29) is 0 Å². The fourth-order valence-electron chi connectivity index (χ4n) is 0.754. The molecule has 0 aliphatic carbocycles. The molecule has 0 unspecified atom stereocenters. The van der Waals surface area contributed by atoms with Crippen molar-refractivity contribution in [2.75, 3.05) is 0 Å². The van der Waals surface area contributed by atoms with Crippen molar-refractivity contribution < 1.29 is 4.68 Å². The molecule has 9 heavy (non-hydrogen) atoms. The number of hydrogen-bond donors (Lipinski definition) is 0. The first-order chi connectivity index (χ1) is 4.22. The van der Waals surface area contributed by atoms with E-state index in [2.05, 4.69) is 0 Å². The van der Waals surface area contributed by atoms with Gasteiger partial charge in [-0.1, -0.05) is 0 Å². The van der Waals surface area contributed by atoms with Gasteiger partial charge in [-0.3, -0.25) is 0 Å². The van der Waals surface area contributed by atoms with E-state index >= 15 is 0 Å². The van der Waals surface area contributed by atoms with Gasteiger partial charge in [0.25, 0.3) is 0 Å². The van der Waals surface area contributed by atoms with Crippen molar-refractivity contribution in [3.05, 3.63) is 35.4 Å². The minimum absolute atomic E-state index is 0.968. The Morgan fingerprint density at radius 1 is 1.22 bits per heavy atom. The molecule has 1 N–H and O–H groups in total. The fraction of sp³-hybridized carbons (Fsp3) is 0.286. The Balaban J connectivity index is 3.25. The summed E-state index contributed by atoms with van der Waals surface area (Å²) in [5.41, 5.74) is 1.94. The zero-order valence-electron chi connectivity index (χ0n) is 5.68. The van der Waals surface area contributed by atoms with Gasteiger partial charge in [0, 0.05) is 26.0 Å². The number of nitrogens with one attached hydrogen (secondary N) is 1. The van der Waals surface area contributed by atoms with E-state index in [1.54, 1.807) is 0 Å². The molecule has 0 aliphatic heterocycles. The second-order valence-electron chi connectivity index (χ2n) is 2.14. The largest absolute Gasteiger partial charge is 0.449 e. The molecule has 0 radical (unpaired) electrons. The average Bonchev–Trinajstić information content (AvgIpc) is 1.83. The molecule has 0 saturated carbocycles. The van der Waals surface area contributed by atoms with E-state index in [1.165, 1.54) is 4.68 Å². The highest BCUT2D eigenvalue weighted by Gasteiger charge is 1.96. The summed E-state index contributed by atoms with van der Waals surface area (Å²) in [6.07, 6.45) is 0. The molecule has 1 aromatic heterocycles. The molecule has 0 amide bonds. The average molecular weight is 122 g/mol. The van der Waals surface area contributed by atoms with Crippen molar-refractivity contribution in [1.82, 2.24) is 0 Å². The Bertz CT molecular complexity index is 198. The van der Waals surface area contributed by atoms with Crippen LogP contribution >= 0.6 is 0 Å². The van der Waals surface area contributed by atoms with Crippen LogP contribution in [0.15, 0.2) is 18.2 Å². The van der Waals surface area contributed by atoms with Crippen molar-refractivity contribution >= 4 is 0 Å². The van der Waals surface area contributed by atoms with Crippen LogP contribution in [0.4, 0.5) is 0 Å². The van der Waals surface area contributed by atoms with Gasteiger partial charge < -0.3 is 5.84 Å². The molecule has 48 valence electrons. The SMILES string of the molecule is Cc1cccc(C)[n+]1[NH-]. The van der Waals surface area contributed by atoms with E-state index in [9.17, 15) is 0 Å². The molecule has 0 atom stereocenters. The molecule has 0 aromatic carbocycles. The van der Waals surface area contributed by atoms with E-state index in [0.717, 1.165) is 11.4 Å². The Labute approximate surface area is 54.9 Å². The van der Waals surface area contributed by atoms with E-state index in [4.69, 9.17) is 5.84 Å². The van der Waals surface area contributed by atoms with Gasteiger partial charge in [0.1, 0.15) is 0 Å².